The Morgan fingerprint density at radius 1 is 1.26 bits per heavy atom. The standard InChI is InChI=1S/C15H29N3O/c1-14(2,3)17-13(10-19-15(4,5)6)8-12-9-18(7)11-16-12/h9,11,13,17H,8,10H2,1-7H3. The minimum atomic E-state index is -0.109. The number of ether oxygens (including phenoxy) is 1. The SMILES string of the molecule is Cn1cnc(CC(COC(C)(C)C)NC(C)(C)C)c1. The van der Waals surface area contributed by atoms with E-state index in [-0.39, 0.29) is 17.2 Å². The molecule has 0 saturated carbocycles. The summed E-state index contributed by atoms with van der Waals surface area (Å²) in [5.74, 6) is 0. The molecule has 0 aromatic carbocycles. The summed E-state index contributed by atoms with van der Waals surface area (Å²) in [5, 5.41) is 3.61. The first-order chi connectivity index (χ1) is 8.55. The molecule has 0 amide bonds. The van der Waals surface area contributed by atoms with Gasteiger partial charge < -0.3 is 14.6 Å². The fourth-order valence-electron chi connectivity index (χ4n) is 1.94. The summed E-state index contributed by atoms with van der Waals surface area (Å²) >= 11 is 0. The van der Waals surface area contributed by atoms with Crippen molar-refractivity contribution in [2.24, 2.45) is 7.05 Å². The van der Waals surface area contributed by atoms with Crippen molar-refractivity contribution in [2.45, 2.75) is 65.1 Å². The van der Waals surface area contributed by atoms with Crippen LogP contribution in [0.1, 0.15) is 47.2 Å². The highest BCUT2D eigenvalue weighted by Crippen LogP contribution is 2.11. The van der Waals surface area contributed by atoms with Gasteiger partial charge in [-0.05, 0) is 41.5 Å². The summed E-state index contributed by atoms with van der Waals surface area (Å²) in [4.78, 5) is 4.40. The number of nitrogens with one attached hydrogen (secondary N) is 1. The van der Waals surface area contributed by atoms with Gasteiger partial charge in [0.15, 0.2) is 0 Å². The van der Waals surface area contributed by atoms with Crippen molar-refractivity contribution in [1.29, 1.82) is 0 Å². The van der Waals surface area contributed by atoms with Gasteiger partial charge in [0.05, 0.1) is 24.2 Å². The predicted molar refractivity (Wildman–Crippen MR) is 79.3 cm³/mol. The molecule has 110 valence electrons. The fraction of sp³-hybridized carbons (Fsp3) is 0.800. The number of hydrogen-bond donors (Lipinski definition) is 1. The Hall–Kier alpha value is -0.870. The van der Waals surface area contributed by atoms with Crippen molar-refractivity contribution in [1.82, 2.24) is 14.9 Å². The van der Waals surface area contributed by atoms with Gasteiger partial charge in [-0.1, -0.05) is 0 Å². The van der Waals surface area contributed by atoms with Gasteiger partial charge in [0, 0.05) is 31.2 Å². The summed E-state index contributed by atoms with van der Waals surface area (Å²) in [6, 6.07) is 0.272. The lowest BCUT2D eigenvalue weighted by Crippen LogP contribution is -2.48. The number of aryl methyl sites for hydroxylation is 1. The minimum absolute atomic E-state index is 0.0701. The first-order valence-electron chi connectivity index (χ1n) is 6.94. The lowest BCUT2D eigenvalue weighted by Gasteiger charge is -2.30. The first-order valence-corrected chi connectivity index (χ1v) is 6.94. The van der Waals surface area contributed by atoms with Crippen LogP contribution in [0.25, 0.3) is 0 Å². The van der Waals surface area contributed by atoms with Gasteiger partial charge in [-0.2, -0.15) is 0 Å². The molecule has 4 heteroatoms. The van der Waals surface area contributed by atoms with Gasteiger partial charge in [-0.3, -0.25) is 0 Å². The fourth-order valence-corrected chi connectivity index (χ4v) is 1.94. The Balaban J connectivity index is 2.63. The number of aromatic nitrogens is 2. The average molecular weight is 267 g/mol. The van der Waals surface area contributed by atoms with Gasteiger partial charge in [0.1, 0.15) is 0 Å². The number of imidazole rings is 1. The summed E-state index contributed by atoms with van der Waals surface area (Å²) in [6.07, 6.45) is 4.79. The number of hydrogen-bond acceptors (Lipinski definition) is 3. The Morgan fingerprint density at radius 3 is 2.32 bits per heavy atom. The lowest BCUT2D eigenvalue weighted by atomic mass is 10.0. The third kappa shape index (κ3) is 7.33. The zero-order valence-corrected chi connectivity index (χ0v) is 13.4. The second kappa shape index (κ2) is 6.06. The van der Waals surface area contributed by atoms with Crippen LogP contribution in [0.2, 0.25) is 0 Å². The van der Waals surface area contributed by atoms with Crippen LogP contribution in [0.5, 0.6) is 0 Å². The molecule has 1 aromatic heterocycles. The Morgan fingerprint density at radius 2 is 1.89 bits per heavy atom. The second-order valence-electron chi connectivity index (χ2n) is 7.25. The molecule has 0 radical (unpaired) electrons. The number of rotatable bonds is 5. The molecule has 4 nitrogen and oxygen atoms in total. The maximum atomic E-state index is 5.92. The first kappa shape index (κ1) is 16.2. The van der Waals surface area contributed by atoms with E-state index in [0.717, 1.165) is 12.1 Å². The van der Waals surface area contributed by atoms with Crippen LogP contribution in [0.15, 0.2) is 12.5 Å². The third-order valence-corrected chi connectivity index (χ3v) is 2.57. The Labute approximate surface area is 117 Å². The molecule has 0 aliphatic rings. The quantitative estimate of drug-likeness (QED) is 0.891. The van der Waals surface area contributed by atoms with E-state index in [4.69, 9.17) is 4.74 Å². The molecule has 0 bridgehead atoms. The van der Waals surface area contributed by atoms with Gasteiger partial charge in [-0.25, -0.2) is 4.98 Å². The molecule has 0 aliphatic heterocycles. The topological polar surface area (TPSA) is 39.1 Å². The van der Waals surface area contributed by atoms with Crippen molar-refractivity contribution < 1.29 is 4.74 Å². The van der Waals surface area contributed by atoms with Crippen LogP contribution in [0.4, 0.5) is 0 Å². The van der Waals surface area contributed by atoms with E-state index < -0.39 is 0 Å². The van der Waals surface area contributed by atoms with E-state index in [1.807, 2.05) is 17.9 Å². The van der Waals surface area contributed by atoms with E-state index in [1.54, 1.807) is 0 Å². The molecule has 0 fully saturated rings. The highest BCUT2D eigenvalue weighted by molar-refractivity contribution is 5.00. The molecule has 0 aliphatic carbocycles. The van der Waals surface area contributed by atoms with Crippen molar-refractivity contribution in [3.05, 3.63) is 18.2 Å². The highest BCUT2D eigenvalue weighted by atomic mass is 16.5. The molecule has 1 rings (SSSR count). The number of nitrogens with zero attached hydrogens (tertiary/aromatic N) is 2. The summed E-state index contributed by atoms with van der Waals surface area (Å²) in [6.45, 7) is 13.5. The zero-order valence-electron chi connectivity index (χ0n) is 13.4. The molecule has 1 N–H and O–H groups in total. The van der Waals surface area contributed by atoms with Crippen LogP contribution in [-0.4, -0.2) is 33.3 Å². The predicted octanol–water partition coefficient (Wildman–Crippen LogP) is 2.53. The third-order valence-electron chi connectivity index (χ3n) is 2.57. The van der Waals surface area contributed by atoms with Crippen LogP contribution in [0.3, 0.4) is 0 Å². The van der Waals surface area contributed by atoms with Crippen molar-refractivity contribution in [3.8, 4) is 0 Å². The molecular weight excluding hydrogens is 238 g/mol. The van der Waals surface area contributed by atoms with E-state index in [0.29, 0.717) is 6.61 Å². The van der Waals surface area contributed by atoms with Gasteiger partial charge >= 0.3 is 0 Å². The molecule has 0 spiro atoms. The largest absolute Gasteiger partial charge is 0.374 e. The molecule has 1 heterocycles. The van der Waals surface area contributed by atoms with E-state index in [2.05, 4.69) is 58.0 Å². The maximum absolute atomic E-state index is 5.92. The van der Waals surface area contributed by atoms with Crippen molar-refractivity contribution >= 4 is 0 Å². The lowest BCUT2D eigenvalue weighted by molar-refractivity contribution is -0.0174. The molecule has 1 unspecified atom stereocenters. The van der Waals surface area contributed by atoms with Crippen LogP contribution >= 0.6 is 0 Å². The van der Waals surface area contributed by atoms with Gasteiger partial charge in [-0.15, -0.1) is 0 Å². The van der Waals surface area contributed by atoms with Crippen molar-refractivity contribution in [3.63, 3.8) is 0 Å². The summed E-state index contributed by atoms with van der Waals surface area (Å²) in [7, 11) is 1.99. The molecule has 1 aromatic rings. The molecule has 19 heavy (non-hydrogen) atoms. The summed E-state index contributed by atoms with van der Waals surface area (Å²) < 4.78 is 7.90. The smallest absolute Gasteiger partial charge is 0.0946 e. The van der Waals surface area contributed by atoms with Crippen LogP contribution < -0.4 is 5.32 Å². The van der Waals surface area contributed by atoms with Crippen LogP contribution in [-0.2, 0) is 18.2 Å². The maximum Gasteiger partial charge on any atom is 0.0946 e. The second-order valence-corrected chi connectivity index (χ2v) is 7.25. The van der Waals surface area contributed by atoms with Gasteiger partial charge in [0.2, 0.25) is 0 Å². The summed E-state index contributed by atoms with van der Waals surface area (Å²) in [5.41, 5.74) is 1.06. The Kier molecular flexibility index (Phi) is 5.16. The zero-order chi connectivity index (χ0) is 14.7. The normalized spacial score (nSPS) is 14.7. The molecule has 1 atom stereocenters. The monoisotopic (exact) mass is 267 g/mol. The van der Waals surface area contributed by atoms with E-state index in [1.165, 1.54) is 0 Å². The average Bonchev–Trinajstić information content (AvgIpc) is 2.57. The highest BCUT2D eigenvalue weighted by Gasteiger charge is 2.21. The van der Waals surface area contributed by atoms with Crippen molar-refractivity contribution in [2.75, 3.05) is 6.61 Å². The van der Waals surface area contributed by atoms with Crippen LogP contribution in [0, 0.1) is 0 Å². The Bertz CT molecular complexity index is 385. The van der Waals surface area contributed by atoms with E-state index in [9.17, 15) is 0 Å². The molecular formula is C15H29N3O. The van der Waals surface area contributed by atoms with Gasteiger partial charge in [0.25, 0.3) is 0 Å². The molecule has 0 saturated heterocycles. The van der Waals surface area contributed by atoms with E-state index >= 15 is 0 Å². The minimum Gasteiger partial charge on any atom is -0.374 e.